The number of allylic oxidation sites excluding steroid dienone is 2. The van der Waals surface area contributed by atoms with Crippen molar-refractivity contribution in [3.8, 4) is 0 Å². The largest absolute Gasteiger partial charge is 0.480 e. The van der Waals surface area contributed by atoms with Gasteiger partial charge in [-0.05, 0) is 37.7 Å². The number of carbonyl (C=O) groups is 2. The molecular weight excluding hydrogens is 290 g/mol. The minimum absolute atomic E-state index is 0.270. The zero-order valence-electron chi connectivity index (χ0n) is 13.4. The number of carbonyl (C=O) groups excluding carboxylic acids is 1. The van der Waals surface area contributed by atoms with Crippen molar-refractivity contribution in [3.63, 3.8) is 0 Å². The van der Waals surface area contributed by atoms with E-state index in [1.807, 2.05) is 43.3 Å². The first kappa shape index (κ1) is 17.0. The molecule has 0 saturated heterocycles. The maximum atomic E-state index is 12.3. The van der Waals surface area contributed by atoms with Crippen molar-refractivity contribution in [3.05, 3.63) is 59.7 Å². The van der Waals surface area contributed by atoms with Crippen molar-refractivity contribution in [2.75, 3.05) is 0 Å². The van der Waals surface area contributed by atoms with Crippen molar-refractivity contribution >= 4 is 11.9 Å². The van der Waals surface area contributed by atoms with Gasteiger partial charge >= 0.3 is 5.97 Å². The van der Waals surface area contributed by atoms with Crippen LogP contribution in [0.5, 0.6) is 0 Å². The second-order valence-electron chi connectivity index (χ2n) is 6.10. The minimum atomic E-state index is -1.02. The van der Waals surface area contributed by atoms with Crippen LogP contribution in [0.2, 0.25) is 0 Å². The monoisotopic (exact) mass is 313 g/mol. The highest BCUT2D eigenvalue weighted by molar-refractivity contribution is 5.96. The molecule has 4 heteroatoms. The van der Waals surface area contributed by atoms with Crippen LogP contribution in [0.4, 0.5) is 0 Å². The van der Waals surface area contributed by atoms with Crippen molar-refractivity contribution < 1.29 is 14.7 Å². The third-order valence-corrected chi connectivity index (χ3v) is 4.29. The van der Waals surface area contributed by atoms with E-state index in [-0.39, 0.29) is 12.3 Å². The number of carboxylic acid groups (broad SMARTS) is 1. The van der Waals surface area contributed by atoms with Crippen LogP contribution in [0.1, 0.15) is 31.7 Å². The Hall–Kier alpha value is -2.36. The smallest absolute Gasteiger partial charge is 0.326 e. The van der Waals surface area contributed by atoms with E-state index >= 15 is 0 Å². The number of amides is 1. The molecule has 2 N–H and O–H groups in total. The molecule has 1 aromatic carbocycles. The highest BCUT2D eigenvalue weighted by Gasteiger charge is 2.24. The number of hydrogen-bond donors (Lipinski definition) is 2. The summed E-state index contributed by atoms with van der Waals surface area (Å²) in [6.07, 6.45) is 4.56. The lowest BCUT2D eigenvalue weighted by Crippen LogP contribution is -2.43. The van der Waals surface area contributed by atoms with E-state index in [1.54, 1.807) is 0 Å². The molecule has 122 valence electrons. The van der Waals surface area contributed by atoms with Gasteiger partial charge in [0.15, 0.2) is 0 Å². The van der Waals surface area contributed by atoms with Crippen LogP contribution in [0, 0.1) is 5.92 Å². The van der Waals surface area contributed by atoms with Gasteiger partial charge in [-0.3, -0.25) is 4.79 Å². The average Bonchev–Trinajstić information content (AvgIpc) is 2.55. The number of hydrogen-bond acceptors (Lipinski definition) is 2. The van der Waals surface area contributed by atoms with Gasteiger partial charge < -0.3 is 10.4 Å². The fraction of sp³-hybridized carbons (Fsp3) is 0.368. The van der Waals surface area contributed by atoms with Gasteiger partial charge in [-0.25, -0.2) is 4.79 Å². The Morgan fingerprint density at radius 2 is 2.04 bits per heavy atom. The molecule has 0 unspecified atom stereocenters. The Balaban J connectivity index is 1.99. The predicted molar refractivity (Wildman–Crippen MR) is 90.0 cm³/mol. The van der Waals surface area contributed by atoms with Crippen LogP contribution in [0.15, 0.2) is 54.1 Å². The molecule has 1 aliphatic rings. The Bertz CT molecular complexity index is 619. The number of aliphatic carboxylic acids is 1. The average molecular weight is 313 g/mol. The normalized spacial score (nSPS) is 18.7. The summed E-state index contributed by atoms with van der Waals surface area (Å²) < 4.78 is 0. The Morgan fingerprint density at radius 3 is 2.57 bits per heavy atom. The van der Waals surface area contributed by atoms with E-state index < -0.39 is 12.0 Å². The molecule has 1 amide bonds. The molecule has 1 aliphatic carbocycles. The van der Waals surface area contributed by atoms with Crippen LogP contribution in [0.25, 0.3) is 0 Å². The summed E-state index contributed by atoms with van der Waals surface area (Å²) in [6, 6.07) is 8.40. The van der Waals surface area contributed by atoms with Gasteiger partial charge in [0, 0.05) is 12.0 Å². The first-order valence-corrected chi connectivity index (χ1v) is 7.89. The molecule has 0 bridgehead atoms. The van der Waals surface area contributed by atoms with Crippen molar-refractivity contribution in [2.24, 2.45) is 5.92 Å². The van der Waals surface area contributed by atoms with Crippen LogP contribution >= 0.6 is 0 Å². The zero-order chi connectivity index (χ0) is 16.8. The second kappa shape index (κ2) is 7.77. The predicted octanol–water partition coefficient (Wildman–Crippen LogP) is 3.10. The summed E-state index contributed by atoms with van der Waals surface area (Å²) in [5.74, 6) is -0.863. The summed E-state index contributed by atoms with van der Waals surface area (Å²) in [5, 5.41) is 12.0. The van der Waals surface area contributed by atoms with Gasteiger partial charge in [-0.15, -0.1) is 0 Å². The van der Waals surface area contributed by atoms with E-state index in [2.05, 4.69) is 11.9 Å². The molecule has 0 saturated carbocycles. The van der Waals surface area contributed by atoms with Crippen LogP contribution in [-0.2, 0) is 16.0 Å². The first-order chi connectivity index (χ1) is 11.0. The maximum Gasteiger partial charge on any atom is 0.326 e. The molecule has 0 heterocycles. The fourth-order valence-electron chi connectivity index (χ4n) is 2.79. The lowest BCUT2D eigenvalue weighted by atomic mass is 9.85. The molecule has 0 spiro atoms. The van der Waals surface area contributed by atoms with Crippen LogP contribution < -0.4 is 5.32 Å². The molecule has 2 atom stereocenters. The maximum absolute atomic E-state index is 12.3. The van der Waals surface area contributed by atoms with E-state index in [1.165, 1.54) is 0 Å². The van der Waals surface area contributed by atoms with Crippen LogP contribution in [-0.4, -0.2) is 23.0 Å². The minimum Gasteiger partial charge on any atom is -0.480 e. The zero-order valence-corrected chi connectivity index (χ0v) is 13.4. The summed E-state index contributed by atoms with van der Waals surface area (Å²) in [6.45, 7) is 5.96. The molecule has 4 nitrogen and oxygen atoms in total. The van der Waals surface area contributed by atoms with Crippen molar-refractivity contribution in [1.29, 1.82) is 0 Å². The quantitative estimate of drug-likeness (QED) is 0.793. The topological polar surface area (TPSA) is 66.4 Å². The standard InChI is InChI=1S/C19H23NO3/c1-13(2)15-8-10-16(11-9-15)18(21)20-17(19(22)23)12-14-6-4-3-5-7-14/h3-7,10,15,17H,1,8-9,11-12H2,2H3,(H,20,21)(H,22,23)/t15-,17-/m1/s1. The second-order valence-corrected chi connectivity index (χ2v) is 6.10. The highest BCUT2D eigenvalue weighted by Crippen LogP contribution is 2.28. The first-order valence-electron chi connectivity index (χ1n) is 7.89. The van der Waals surface area contributed by atoms with Crippen molar-refractivity contribution in [1.82, 2.24) is 5.32 Å². The third-order valence-electron chi connectivity index (χ3n) is 4.29. The molecule has 0 fully saturated rings. The summed E-state index contributed by atoms with van der Waals surface area (Å²) in [4.78, 5) is 23.7. The van der Waals surface area contributed by atoms with E-state index in [0.29, 0.717) is 17.9 Å². The SMILES string of the molecule is C=C(C)[C@@H]1CC=C(C(=O)N[C@H](Cc2ccccc2)C(=O)O)CC1. The highest BCUT2D eigenvalue weighted by atomic mass is 16.4. The molecule has 0 aromatic heterocycles. The molecular formula is C19H23NO3. The molecule has 0 radical (unpaired) electrons. The lowest BCUT2D eigenvalue weighted by Gasteiger charge is -2.23. The Kier molecular flexibility index (Phi) is 5.74. The van der Waals surface area contributed by atoms with E-state index in [4.69, 9.17) is 0 Å². The van der Waals surface area contributed by atoms with E-state index in [0.717, 1.165) is 24.0 Å². The number of rotatable bonds is 6. The van der Waals surface area contributed by atoms with Gasteiger partial charge in [0.1, 0.15) is 6.04 Å². The molecule has 2 rings (SSSR count). The fourth-order valence-corrected chi connectivity index (χ4v) is 2.79. The summed E-state index contributed by atoms with van der Waals surface area (Å²) in [5.41, 5.74) is 2.70. The van der Waals surface area contributed by atoms with Crippen LogP contribution in [0.3, 0.4) is 0 Å². The van der Waals surface area contributed by atoms with Gasteiger partial charge in [0.25, 0.3) is 0 Å². The van der Waals surface area contributed by atoms with E-state index in [9.17, 15) is 14.7 Å². The van der Waals surface area contributed by atoms with Crippen molar-refractivity contribution in [2.45, 2.75) is 38.6 Å². The van der Waals surface area contributed by atoms with Gasteiger partial charge in [-0.2, -0.15) is 0 Å². The lowest BCUT2D eigenvalue weighted by molar-refractivity contribution is -0.141. The Morgan fingerprint density at radius 1 is 1.35 bits per heavy atom. The number of carboxylic acids is 1. The van der Waals surface area contributed by atoms with Gasteiger partial charge in [0.05, 0.1) is 0 Å². The number of benzene rings is 1. The van der Waals surface area contributed by atoms with Gasteiger partial charge in [-0.1, -0.05) is 48.6 Å². The van der Waals surface area contributed by atoms with Gasteiger partial charge in [0.2, 0.25) is 5.91 Å². The molecule has 1 aromatic rings. The Labute approximate surface area is 136 Å². The summed E-state index contributed by atoms with van der Waals surface area (Å²) >= 11 is 0. The third kappa shape index (κ3) is 4.81. The number of nitrogens with one attached hydrogen (secondary N) is 1. The molecule has 23 heavy (non-hydrogen) atoms. The summed E-state index contributed by atoms with van der Waals surface area (Å²) in [7, 11) is 0. The molecule has 0 aliphatic heterocycles.